The van der Waals surface area contributed by atoms with Gasteiger partial charge >= 0.3 is 0 Å². The second-order valence-electron chi connectivity index (χ2n) is 9.87. The summed E-state index contributed by atoms with van der Waals surface area (Å²) in [7, 11) is 1.49. The molecule has 1 aromatic rings. The molecule has 1 aromatic carbocycles. The fourth-order valence-electron chi connectivity index (χ4n) is 4.36. The van der Waals surface area contributed by atoms with Gasteiger partial charge in [0, 0.05) is 31.5 Å². The first-order valence-electron chi connectivity index (χ1n) is 12.4. The fourth-order valence-corrected chi connectivity index (χ4v) is 5.15. The summed E-state index contributed by atoms with van der Waals surface area (Å²) in [6.45, 7) is 4.24. The largest absolute Gasteiger partial charge is 0.493 e. The van der Waals surface area contributed by atoms with E-state index in [2.05, 4.69) is 27.9 Å². The highest BCUT2D eigenvalue weighted by Gasteiger charge is 2.42. The summed E-state index contributed by atoms with van der Waals surface area (Å²) in [5.41, 5.74) is 1.04. The number of rotatable bonds is 12. The van der Waals surface area contributed by atoms with Crippen molar-refractivity contribution < 1.29 is 34.4 Å². The van der Waals surface area contributed by atoms with Crippen LogP contribution < -0.4 is 14.8 Å². The summed E-state index contributed by atoms with van der Waals surface area (Å²) in [5.74, 6) is 0.924. The number of ether oxygens (including phenoxy) is 2. The summed E-state index contributed by atoms with van der Waals surface area (Å²) in [6, 6.07) is 2.78. The molecule has 2 aliphatic rings. The molecule has 0 aromatic heterocycles. The Morgan fingerprint density at radius 1 is 1.25 bits per heavy atom. The second-order valence-corrected chi connectivity index (χ2v) is 11.0. The molecule has 4 N–H and O–H groups in total. The van der Waals surface area contributed by atoms with Gasteiger partial charge in [-0.05, 0) is 71.0 Å². The first kappa shape index (κ1) is 28.7. The van der Waals surface area contributed by atoms with E-state index in [0.29, 0.717) is 45.1 Å². The van der Waals surface area contributed by atoms with Crippen LogP contribution in [0, 0.1) is 15.4 Å². The summed E-state index contributed by atoms with van der Waals surface area (Å²) in [6.07, 6.45) is 2.21. The number of aliphatic hydroxyl groups is 3. The van der Waals surface area contributed by atoms with Crippen LogP contribution in [0.2, 0.25) is 0 Å². The van der Waals surface area contributed by atoms with Crippen molar-refractivity contribution in [2.45, 2.75) is 64.4 Å². The lowest BCUT2D eigenvalue weighted by molar-refractivity contribution is -0.139. The van der Waals surface area contributed by atoms with E-state index in [1.54, 1.807) is 23.1 Å². The summed E-state index contributed by atoms with van der Waals surface area (Å²) in [5, 5.41) is 32.9. The number of halogens is 1. The van der Waals surface area contributed by atoms with Crippen molar-refractivity contribution in [3.8, 4) is 11.5 Å². The van der Waals surface area contributed by atoms with Crippen LogP contribution in [0.3, 0.4) is 0 Å². The standard InChI is InChI=1S/C26H37IN2O7/c1-15(2)8-23(32)29(13-16-4-5-16)20-11-18(26(34)28-6-7-30)12-21(24(20)33)36-25-19(27)9-17(14-31)10-22(25)35-3/h9-10,12,15-16,20-21,24,30-31,33H,4-8,11,13-14H2,1-3H3,(H,28,34)/t20-,21+,24+/m1/s1. The Hall–Kier alpha value is -1.89. The van der Waals surface area contributed by atoms with Gasteiger partial charge in [0.2, 0.25) is 11.8 Å². The van der Waals surface area contributed by atoms with Gasteiger partial charge in [-0.2, -0.15) is 0 Å². The number of hydrogen-bond acceptors (Lipinski definition) is 7. The Bertz CT molecular complexity index is 964. The van der Waals surface area contributed by atoms with Crippen molar-refractivity contribution in [3.63, 3.8) is 0 Å². The number of nitrogens with one attached hydrogen (secondary N) is 1. The Labute approximate surface area is 226 Å². The van der Waals surface area contributed by atoms with E-state index in [0.717, 1.165) is 12.8 Å². The van der Waals surface area contributed by atoms with Crippen LogP contribution >= 0.6 is 22.6 Å². The zero-order valence-electron chi connectivity index (χ0n) is 21.1. The average molecular weight is 616 g/mol. The molecule has 0 heterocycles. The van der Waals surface area contributed by atoms with Gasteiger partial charge in [0.25, 0.3) is 0 Å². The minimum Gasteiger partial charge on any atom is -0.493 e. The zero-order valence-corrected chi connectivity index (χ0v) is 23.2. The average Bonchev–Trinajstić information content (AvgIpc) is 3.67. The van der Waals surface area contributed by atoms with Gasteiger partial charge in [-0.1, -0.05) is 13.8 Å². The monoisotopic (exact) mass is 616 g/mol. The Balaban J connectivity index is 1.97. The molecule has 0 unspecified atom stereocenters. The third kappa shape index (κ3) is 7.33. The Morgan fingerprint density at radius 2 is 1.97 bits per heavy atom. The van der Waals surface area contributed by atoms with Gasteiger partial charge in [-0.25, -0.2) is 0 Å². The van der Waals surface area contributed by atoms with E-state index in [9.17, 15) is 19.8 Å². The molecule has 2 aliphatic carbocycles. The second kappa shape index (κ2) is 13.1. The molecule has 0 aliphatic heterocycles. The number of carbonyl (C=O) groups excluding carboxylic acids is 2. The van der Waals surface area contributed by atoms with E-state index >= 15 is 0 Å². The smallest absolute Gasteiger partial charge is 0.247 e. The predicted octanol–water partition coefficient (Wildman–Crippen LogP) is 1.99. The SMILES string of the molecule is COc1cc(CO)cc(I)c1O[C@H]1C=C(C(=O)NCCO)C[C@@H](N(CC2CC2)C(=O)CC(C)C)[C@@H]1O. The third-order valence-corrected chi connectivity index (χ3v) is 7.20. The van der Waals surface area contributed by atoms with Crippen LogP contribution in [0.5, 0.6) is 11.5 Å². The van der Waals surface area contributed by atoms with E-state index < -0.39 is 18.2 Å². The van der Waals surface area contributed by atoms with Crippen molar-refractivity contribution in [3.05, 3.63) is 32.9 Å². The number of nitrogens with zero attached hydrogens (tertiary/aromatic N) is 1. The van der Waals surface area contributed by atoms with Crippen LogP contribution in [0.1, 0.15) is 45.1 Å². The maximum absolute atomic E-state index is 13.3. The maximum Gasteiger partial charge on any atom is 0.247 e. The normalized spacial score (nSPS) is 21.7. The van der Waals surface area contributed by atoms with Gasteiger partial charge in [-0.3, -0.25) is 9.59 Å². The van der Waals surface area contributed by atoms with Gasteiger partial charge in [0.1, 0.15) is 12.2 Å². The first-order chi connectivity index (χ1) is 17.2. The maximum atomic E-state index is 13.3. The predicted molar refractivity (Wildman–Crippen MR) is 143 cm³/mol. The number of aliphatic hydroxyl groups excluding tert-OH is 3. The van der Waals surface area contributed by atoms with Crippen molar-refractivity contribution >= 4 is 34.4 Å². The minimum atomic E-state index is -1.08. The molecule has 3 rings (SSSR count). The van der Waals surface area contributed by atoms with E-state index in [1.165, 1.54) is 7.11 Å². The zero-order chi connectivity index (χ0) is 26.4. The van der Waals surface area contributed by atoms with Gasteiger partial charge in [0.15, 0.2) is 11.5 Å². The van der Waals surface area contributed by atoms with Crippen LogP contribution in [0.15, 0.2) is 23.8 Å². The highest BCUT2D eigenvalue weighted by molar-refractivity contribution is 14.1. The highest BCUT2D eigenvalue weighted by atomic mass is 127. The molecule has 0 spiro atoms. The van der Waals surface area contributed by atoms with Crippen LogP contribution in [-0.2, 0) is 16.2 Å². The molecule has 200 valence electrons. The molecule has 0 bridgehead atoms. The summed E-state index contributed by atoms with van der Waals surface area (Å²) in [4.78, 5) is 27.9. The minimum absolute atomic E-state index is 0.0452. The van der Waals surface area contributed by atoms with Crippen molar-refractivity contribution in [2.24, 2.45) is 11.8 Å². The molecule has 2 amide bonds. The molecule has 0 saturated heterocycles. The first-order valence-corrected chi connectivity index (χ1v) is 13.5. The molecule has 1 saturated carbocycles. The van der Waals surface area contributed by atoms with Crippen molar-refractivity contribution in [1.29, 1.82) is 0 Å². The topological polar surface area (TPSA) is 129 Å². The Morgan fingerprint density at radius 3 is 2.56 bits per heavy atom. The molecule has 3 atom stereocenters. The van der Waals surface area contributed by atoms with Gasteiger partial charge < -0.3 is 35.0 Å². The molecule has 0 radical (unpaired) electrons. The fraction of sp³-hybridized carbons (Fsp3) is 0.615. The van der Waals surface area contributed by atoms with Gasteiger partial charge in [0.05, 0.1) is 29.9 Å². The quantitative estimate of drug-likeness (QED) is 0.265. The van der Waals surface area contributed by atoms with Gasteiger partial charge in [-0.15, -0.1) is 0 Å². The van der Waals surface area contributed by atoms with E-state index in [1.807, 2.05) is 13.8 Å². The molecular formula is C26H37IN2O7. The summed E-state index contributed by atoms with van der Waals surface area (Å²) < 4.78 is 12.4. The van der Waals surface area contributed by atoms with E-state index in [-0.39, 0.29) is 43.9 Å². The van der Waals surface area contributed by atoms with Crippen LogP contribution in [-0.4, -0.2) is 77.1 Å². The third-order valence-electron chi connectivity index (χ3n) is 6.40. The number of methoxy groups -OCH3 is 1. The Kier molecular flexibility index (Phi) is 10.4. The highest BCUT2D eigenvalue weighted by Crippen LogP contribution is 2.38. The van der Waals surface area contributed by atoms with E-state index in [4.69, 9.17) is 14.6 Å². The summed E-state index contributed by atoms with van der Waals surface area (Å²) >= 11 is 2.08. The lowest BCUT2D eigenvalue weighted by Crippen LogP contribution is -2.55. The van der Waals surface area contributed by atoms with Crippen molar-refractivity contribution in [1.82, 2.24) is 10.2 Å². The lowest BCUT2D eigenvalue weighted by atomic mass is 9.87. The molecule has 9 nitrogen and oxygen atoms in total. The van der Waals surface area contributed by atoms with Crippen LogP contribution in [0.4, 0.5) is 0 Å². The molecule has 1 fully saturated rings. The molecule has 36 heavy (non-hydrogen) atoms. The number of hydrogen-bond donors (Lipinski definition) is 4. The molecular weight excluding hydrogens is 579 g/mol. The number of carbonyl (C=O) groups is 2. The number of benzene rings is 1. The number of amides is 2. The lowest BCUT2D eigenvalue weighted by Gasteiger charge is -2.41. The van der Waals surface area contributed by atoms with Crippen LogP contribution in [0.25, 0.3) is 0 Å². The van der Waals surface area contributed by atoms with Crippen molar-refractivity contribution in [2.75, 3.05) is 26.8 Å². The molecule has 10 heteroatoms.